The van der Waals surface area contributed by atoms with Gasteiger partial charge in [0.25, 0.3) is 0 Å². The van der Waals surface area contributed by atoms with Gasteiger partial charge in [0.15, 0.2) is 0 Å². The van der Waals surface area contributed by atoms with Crippen LogP contribution in [0.25, 0.3) is 10.9 Å². The average molecular weight is 395 g/mol. The highest BCUT2D eigenvalue weighted by molar-refractivity contribution is 14.1. The van der Waals surface area contributed by atoms with Gasteiger partial charge in [0, 0.05) is 32.4 Å². The maximum absolute atomic E-state index is 5.96. The first kappa shape index (κ1) is 13.6. The van der Waals surface area contributed by atoms with Gasteiger partial charge >= 0.3 is 0 Å². The van der Waals surface area contributed by atoms with Gasteiger partial charge in [-0.25, -0.2) is 0 Å². The van der Waals surface area contributed by atoms with Gasteiger partial charge in [0.05, 0.1) is 5.52 Å². The van der Waals surface area contributed by atoms with E-state index in [4.69, 9.17) is 11.6 Å². The number of hydrogen-bond acceptors (Lipinski definition) is 2. The summed E-state index contributed by atoms with van der Waals surface area (Å²) in [6, 6.07) is 16.2. The molecule has 0 aliphatic carbocycles. The Bertz CT molecular complexity index is 758. The van der Waals surface area contributed by atoms with E-state index in [-0.39, 0.29) is 0 Å². The average Bonchev–Trinajstić information content (AvgIpc) is 2.46. The summed E-state index contributed by atoms with van der Waals surface area (Å²) >= 11 is 8.25. The fourth-order valence-electron chi connectivity index (χ4n) is 2.07. The first-order chi connectivity index (χ1) is 9.72. The molecule has 0 unspecified atom stereocenters. The third kappa shape index (κ3) is 3.04. The molecule has 0 aliphatic rings. The Hall–Kier alpha value is -1.33. The summed E-state index contributed by atoms with van der Waals surface area (Å²) in [5, 5.41) is 5.36. The second kappa shape index (κ2) is 5.97. The van der Waals surface area contributed by atoms with Gasteiger partial charge in [0.2, 0.25) is 0 Å². The van der Waals surface area contributed by atoms with Crippen LogP contribution in [0.4, 0.5) is 5.69 Å². The molecular weight excluding hydrogens is 383 g/mol. The van der Waals surface area contributed by atoms with Crippen molar-refractivity contribution in [3.05, 3.63) is 68.9 Å². The topological polar surface area (TPSA) is 24.9 Å². The van der Waals surface area contributed by atoms with E-state index in [1.807, 2.05) is 30.5 Å². The van der Waals surface area contributed by atoms with Gasteiger partial charge in [-0.1, -0.05) is 23.7 Å². The first-order valence-electron chi connectivity index (χ1n) is 6.25. The third-order valence-electron chi connectivity index (χ3n) is 3.08. The van der Waals surface area contributed by atoms with E-state index in [1.54, 1.807) is 0 Å². The van der Waals surface area contributed by atoms with E-state index in [0.29, 0.717) is 0 Å². The number of benzene rings is 2. The minimum atomic E-state index is 0.761. The van der Waals surface area contributed by atoms with Crippen LogP contribution in [0.2, 0.25) is 5.02 Å². The number of aromatic nitrogens is 1. The van der Waals surface area contributed by atoms with Crippen molar-refractivity contribution >= 4 is 50.8 Å². The zero-order valence-electron chi connectivity index (χ0n) is 10.6. The lowest BCUT2D eigenvalue weighted by atomic mass is 10.1. The van der Waals surface area contributed by atoms with Crippen molar-refractivity contribution in [1.29, 1.82) is 0 Å². The Morgan fingerprint density at radius 1 is 1.10 bits per heavy atom. The summed E-state index contributed by atoms with van der Waals surface area (Å²) in [6.07, 6.45) is 1.82. The molecule has 3 aromatic rings. The largest absolute Gasteiger partial charge is 0.380 e. The highest BCUT2D eigenvalue weighted by Crippen LogP contribution is 2.23. The van der Waals surface area contributed by atoms with Gasteiger partial charge in [-0.2, -0.15) is 0 Å². The van der Waals surface area contributed by atoms with Crippen LogP contribution >= 0.6 is 34.2 Å². The molecule has 100 valence electrons. The molecule has 3 rings (SSSR count). The zero-order chi connectivity index (χ0) is 13.9. The molecule has 20 heavy (non-hydrogen) atoms. The molecule has 1 aromatic heterocycles. The van der Waals surface area contributed by atoms with Crippen LogP contribution in [0.5, 0.6) is 0 Å². The van der Waals surface area contributed by atoms with Crippen molar-refractivity contribution in [2.75, 3.05) is 5.32 Å². The van der Waals surface area contributed by atoms with E-state index in [9.17, 15) is 0 Å². The number of nitrogens with one attached hydrogen (secondary N) is 1. The first-order valence-corrected chi connectivity index (χ1v) is 7.71. The quantitative estimate of drug-likeness (QED) is 0.625. The monoisotopic (exact) mass is 394 g/mol. The van der Waals surface area contributed by atoms with Crippen molar-refractivity contribution < 1.29 is 0 Å². The van der Waals surface area contributed by atoms with E-state index in [1.165, 1.54) is 5.56 Å². The highest BCUT2D eigenvalue weighted by Gasteiger charge is 2.01. The molecule has 4 heteroatoms. The summed E-state index contributed by atoms with van der Waals surface area (Å²) in [7, 11) is 0. The standard InChI is InChI=1S/C16H12ClIN2/c17-13-4-6-16(14(18)9-13)20-10-11-3-5-15-12(8-11)2-1-7-19-15/h1-9,20H,10H2. The Morgan fingerprint density at radius 2 is 2.00 bits per heavy atom. The SMILES string of the molecule is Clc1ccc(NCc2ccc3ncccc3c2)c(I)c1. The molecule has 1 heterocycles. The zero-order valence-corrected chi connectivity index (χ0v) is 13.5. The second-order valence-electron chi connectivity index (χ2n) is 4.51. The van der Waals surface area contributed by atoms with Gasteiger partial charge < -0.3 is 5.32 Å². The summed E-state index contributed by atoms with van der Waals surface area (Å²) in [5.41, 5.74) is 3.36. The van der Waals surface area contributed by atoms with Crippen LogP contribution in [-0.4, -0.2) is 4.98 Å². The summed E-state index contributed by atoms with van der Waals surface area (Å²) in [5.74, 6) is 0. The van der Waals surface area contributed by atoms with Gasteiger partial charge in [0.1, 0.15) is 0 Å². The lowest BCUT2D eigenvalue weighted by Gasteiger charge is -2.09. The lowest BCUT2D eigenvalue weighted by molar-refractivity contribution is 1.15. The van der Waals surface area contributed by atoms with Gasteiger partial charge in [-0.15, -0.1) is 0 Å². The lowest BCUT2D eigenvalue weighted by Crippen LogP contribution is -2.01. The Kier molecular flexibility index (Phi) is 4.08. The summed E-state index contributed by atoms with van der Waals surface area (Å²) < 4.78 is 1.12. The molecule has 0 radical (unpaired) electrons. The predicted molar refractivity (Wildman–Crippen MR) is 93.2 cm³/mol. The van der Waals surface area contributed by atoms with Crippen molar-refractivity contribution in [2.45, 2.75) is 6.54 Å². The molecule has 0 bridgehead atoms. The van der Waals surface area contributed by atoms with Crippen molar-refractivity contribution in [3.8, 4) is 0 Å². The molecule has 0 aliphatic heterocycles. The van der Waals surface area contributed by atoms with Crippen LogP contribution in [0.3, 0.4) is 0 Å². The molecule has 1 N–H and O–H groups in total. The van der Waals surface area contributed by atoms with E-state index in [2.05, 4.69) is 57.2 Å². The molecule has 0 saturated heterocycles. The maximum atomic E-state index is 5.96. The number of hydrogen-bond donors (Lipinski definition) is 1. The molecular formula is C16H12ClIN2. The van der Waals surface area contributed by atoms with Crippen molar-refractivity contribution in [3.63, 3.8) is 0 Å². The highest BCUT2D eigenvalue weighted by atomic mass is 127. The summed E-state index contributed by atoms with van der Waals surface area (Å²) in [4.78, 5) is 4.33. The van der Waals surface area contributed by atoms with Gasteiger partial charge in [-0.3, -0.25) is 4.98 Å². The summed E-state index contributed by atoms with van der Waals surface area (Å²) in [6.45, 7) is 0.780. The Morgan fingerprint density at radius 3 is 2.85 bits per heavy atom. The van der Waals surface area contributed by atoms with Crippen LogP contribution in [0, 0.1) is 3.57 Å². The van der Waals surface area contributed by atoms with Crippen molar-refractivity contribution in [1.82, 2.24) is 4.98 Å². The molecule has 0 spiro atoms. The normalized spacial score (nSPS) is 10.7. The fourth-order valence-corrected chi connectivity index (χ4v) is 3.13. The van der Waals surface area contributed by atoms with Crippen LogP contribution in [0.15, 0.2) is 54.7 Å². The predicted octanol–water partition coefficient (Wildman–Crippen LogP) is 5.10. The fraction of sp³-hybridized carbons (Fsp3) is 0.0625. The molecule has 2 aromatic carbocycles. The third-order valence-corrected chi connectivity index (χ3v) is 4.21. The number of anilines is 1. The maximum Gasteiger partial charge on any atom is 0.0702 e. The smallest absolute Gasteiger partial charge is 0.0702 e. The number of halogens is 2. The van der Waals surface area contributed by atoms with Gasteiger partial charge in [-0.05, 0) is 64.6 Å². The molecule has 0 atom stereocenters. The van der Waals surface area contributed by atoms with Crippen LogP contribution in [0.1, 0.15) is 5.56 Å². The van der Waals surface area contributed by atoms with E-state index < -0.39 is 0 Å². The molecule has 0 fully saturated rings. The minimum absolute atomic E-state index is 0.761. The number of nitrogens with zero attached hydrogens (tertiary/aromatic N) is 1. The number of fused-ring (bicyclic) bond motifs is 1. The number of pyridine rings is 1. The Labute approximate surface area is 136 Å². The molecule has 0 amide bonds. The second-order valence-corrected chi connectivity index (χ2v) is 6.11. The van der Waals surface area contributed by atoms with Crippen LogP contribution < -0.4 is 5.32 Å². The van der Waals surface area contributed by atoms with Crippen LogP contribution in [-0.2, 0) is 6.54 Å². The van der Waals surface area contributed by atoms with E-state index in [0.717, 1.165) is 31.7 Å². The molecule has 2 nitrogen and oxygen atoms in total. The number of rotatable bonds is 3. The Balaban J connectivity index is 1.79. The minimum Gasteiger partial charge on any atom is -0.380 e. The molecule has 0 saturated carbocycles. The van der Waals surface area contributed by atoms with Crippen molar-refractivity contribution in [2.24, 2.45) is 0 Å². The van der Waals surface area contributed by atoms with E-state index >= 15 is 0 Å².